The molecule has 2 aliphatic heterocycles. The SMILES string of the molecule is CC(=O)N1N=C(c2cc(F)ccc2F)OC12c1cc(C)cc(F)c1OCC2CCN. The first kappa shape index (κ1) is 20.2. The van der Waals surface area contributed by atoms with Gasteiger partial charge in [0.2, 0.25) is 17.5 Å². The molecule has 158 valence electrons. The predicted molar refractivity (Wildman–Crippen MR) is 102 cm³/mol. The van der Waals surface area contributed by atoms with E-state index in [-0.39, 0.29) is 35.9 Å². The van der Waals surface area contributed by atoms with E-state index in [0.29, 0.717) is 12.0 Å². The van der Waals surface area contributed by atoms with E-state index in [2.05, 4.69) is 5.10 Å². The number of ether oxygens (including phenoxy) is 2. The van der Waals surface area contributed by atoms with Crippen LogP contribution in [0.25, 0.3) is 0 Å². The van der Waals surface area contributed by atoms with Crippen molar-refractivity contribution in [1.82, 2.24) is 5.01 Å². The predicted octanol–water partition coefficient (Wildman–Crippen LogP) is 3.16. The Hall–Kier alpha value is -3.07. The third-order valence-electron chi connectivity index (χ3n) is 5.29. The number of carbonyl (C=O) groups excluding carboxylic acids is 1. The van der Waals surface area contributed by atoms with Crippen molar-refractivity contribution in [2.24, 2.45) is 16.8 Å². The molecule has 0 saturated carbocycles. The summed E-state index contributed by atoms with van der Waals surface area (Å²) in [6.45, 7) is 3.19. The number of hydrogen-bond acceptors (Lipinski definition) is 5. The normalized spacial score (nSPS) is 22.4. The van der Waals surface area contributed by atoms with Gasteiger partial charge in [-0.1, -0.05) is 0 Å². The lowest BCUT2D eigenvalue weighted by Gasteiger charge is -2.44. The van der Waals surface area contributed by atoms with Gasteiger partial charge in [-0.2, -0.15) is 5.01 Å². The van der Waals surface area contributed by atoms with E-state index in [9.17, 15) is 18.0 Å². The summed E-state index contributed by atoms with van der Waals surface area (Å²) in [5.74, 6) is -3.48. The van der Waals surface area contributed by atoms with Gasteiger partial charge in [0, 0.05) is 6.92 Å². The van der Waals surface area contributed by atoms with E-state index in [1.165, 1.54) is 13.0 Å². The van der Waals surface area contributed by atoms with Crippen molar-refractivity contribution in [3.63, 3.8) is 0 Å². The number of amides is 1. The van der Waals surface area contributed by atoms with Gasteiger partial charge in [0.25, 0.3) is 0 Å². The number of rotatable bonds is 3. The highest BCUT2D eigenvalue weighted by molar-refractivity contribution is 5.97. The number of hydrazone groups is 1. The second-order valence-corrected chi connectivity index (χ2v) is 7.37. The molecule has 1 spiro atoms. The highest BCUT2D eigenvalue weighted by Gasteiger charge is 2.58. The smallest absolute Gasteiger partial charge is 0.244 e. The van der Waals surface area contributed by atoms with Crippen LogP contribution in [0.15, 0.2) is 35.4 Å². The molecule has 0 aliphatic carbocycles. The molecule has 9 heteroatoms. The molecule has 4 rings (SSSR count). The van der Waals surface area contributed by atoms with E-state index in [4.69, 9.17) is 15.2 Å². The van der Waals surface area contributed by atoms with Crippen molar-refractivity contribution < 1.29 is 27.4 Å². The summed E-state index contributed by atoms with van der Waals surface area (Å²) in [6.07, 6.45) is 0.354. The summed E-state index contributed by atoms with van der Waals surface area (Å²) in [5.41, 5.74) is 4.74. The fourth-order valence-corrected chi connectivity index (χ4v) is 4.01. The number of carbonyl (C=O) groups is 1. The molecular formula is C21H20F3N3O3. The lowest BCUT2D eigenvalue weighted by molar-refractivity contribution is -0.169. The molecule has 2 aromatic carbocycles. The Morgan fingerprint density at radius 1 is 1.27 bits per heavy atom. The van der Waals surface area contributed by atoms with E-state index in [1.54, 1.807) is 13.0 Å². The summed E-state index contributed by atoms with van der Waals surface area (Å²) in [7, 11) is 0. The van der Waals surface area contributed by atoms with Crippen LogP contribution in [0.4, 0.5) is 13.2 Å². The zero-order valence-electron chi connectivity index (χ0n) is 16.4. The van der Waals surface area contributed by atoms with Crippen molar-refractivity contribution in [2.75, 3.05) is 13.2 Å². The van der Waals surface area contributed by atoms with Crippen LogP contribution in [0.2, 0.25) is 0 Å². The molecule has 2 unspecified atom stereocenters. The van der Waals surface area contributed by atoms with E-state index >= 15 is 0 Å². The van der Waals surface area contributed by atoms with Crippen LogP contribution >= 0.6 is 0 Å². The van der Waals surface area contributed by atoms with Gasteiger partial charge >= 0.3 is 0 Å². The number of hydrogen-bond donors (Lipinski definition) is 1. The van der Waals surface area contributed by atoms with Crippen molar-refractivity contribution in [3.05, 3.63) is 64.5 Å². The zero-order valence-corrected chi connectivity index (χ0v) is 16.4. The highest BCUT2D eigenvalue weighted by Crippen LogP contribution is 2.51. The van der Waals surface area contributed by atoms with Crippen molar-refractivity contribution in [3.8, 4) is 5.75 Å². The minimum atomic E-state index is -1.60. The molecule has 0 aromatic heterocycles. The van der Waals surface area contributed by atoms with Crippen LogP contribution in [-0.2, 0) is 15.3 Å². The van der Waals surface area contributed by atoms with Gasteiger partial charge < -0.3 is 15.2 Å². The fourth-order valence-electron chi connectivity index (χ4n) is 4.01. The highest BCUT2D eigenvalue weighted by atomic mass is 19.1. The number of aryl methyl sites for hydroxylation is 1. The minimum absolute atomic E-state index is 0.00237. The van der Waals surface area contributed by atoms with Crippen LogP contribution in [0.5, 0.6) is 5.75 Å². The first-order valence-corrected chi connectivity index (χ1v) is 9.45. The van der Waals surface area contributed by atoms with Crippen LogP contribution in [0.3, 0.4) is 0 Å². The van der Waals surface area contributed by atoms with Crippen LogP contribution in [-0.4, -0.2) is 30.0 Å². The van der Waals surface area contributed by atoms with Gasteiger partial charge in [-0.15, -0.1) is 5.10 Å². The Kier molecular flexibility index (Phi) is 4.93. The largest absolute Gasteiger partial charge is 0.489 e. The van der Waals surface area contributed by atoms with Crippen molar-refractivity contribution >= 4 is 11.8 Å². The maximum absolute atomic E-state index is 14.7. The van der Waals surface area contributed by atoms with Gasteiger partial charge in [0.15, 0.2) is 11.6 Å². The number of fused-ring (bicyclic) bond motifs is 2. The summed E-state index contributed by atoms with van der Waals surface area (Å²) < 4.78 is 54.7. The average Bonchev–Trinajstić information content (AvgIpc) is 3.08. The molecule has 0 saturated heterocycles. The molecule has 1 amide bonds. The summed E-state index contributed by atoms with van der Waals surface area (Å²) in [4.78, 5) is 12.6. The summed E-state index contributed by atoms with van der Waals surface area (Å²) >= 11 is 0. The molecule has 0 fully saturated rings. The fraction of sp³-hybridized carbons (Fsp3) is 0.333. The van der Waals surface area contributed by atoms with Gasteiger partial charge in [0.1, 0.15) is 11.6 Å². The average molecular weight is 419 g/mol. The maximum Gasteiger partial charge on any atom is 0.244 e. The Labute approximate surface area is 171 Å². The quantitative estimate of drug-likeness (QED) is 0.829. The number of benzene rings is 2. The molecule has 2 N–H and O–H groups in total. The Morgan fingerprint density at radius 3 is 2.73 bits per heavy atom. The van der Waals surface area contributed by atoms with Gasteiger partial charge in [-0.05, 0) is 55.8 Å². The lowest BCUT2D eigenvalue weighted by Crippen LogP contribution is -2.54. The lowest BCUT2D eigenvalue weighted by atomic mass is 9.82. The standard InChI is InChI=1S/C21H20F3N3O3/c1-11-7-16-19(18(24)8-11)29-10-13(5-6-25)21(16)27(12(2)28)26-20(30-21)15-9-14(22)3-4-17(15)23/h3-4,7-9,13H,5-6,10,25H2,1-2H3. The molecule has 2 atom stereocenters. The first-order valence-electron chi connectivity index (χ1n) is 9.45. The van der Waals surface area contributed by atoms with E-state index in [1.807, 2.05) is 0 Å². The van der Waals surface area contributed by atoms with Gasteiger partial charge in [-0.25, -0.2) is 13.2 Å². The number of nitrogens with zero attached hydrogens (tertiary/aromatic N) is 2. The van der Waals surface area contributed by atoms with Crippen molar-refractivity contribution in [1.29, 1.82) is 0 Å². The Bertz CT molecular complexity index is 1060. The molecule has 30 heavy (non-hydrogen) atoms. The number of nitrogens with two attached hydrogens (primary N) is 1. The van der Waals surface area contributed by atoms with Crippen LogP contribution in [0, 0.1) is 30.3 Å². The molecule has 2 heterocycles. The zero-order chi connectivity index (χ0) is 21.6. The van der Waals surface area contributed by atoms with Crippen LogP contribution in [0.1, 0.15) is 30.0 Å². The molecule has 6 nitrogen and oxygen atoms in total. The number of halogens is 3. The monoisotopic (exact) mass is 419 g/mol. The minimum Gasteiger partial charge on any atom is -0.489 e. The maximum atomic E-state index is 14.7. The van der Waals surface area contributed by atoms with Gasteiger partial charge in [0.05, 0.1) is 23.7 Å². The third kappa shape index (κ3) is 3.00. The Morgan fingerprint density at radius 2 is 2.03 bits per heavy atom. The molecule has 2 aliphatic rings. The second kappa shape index (κ2) is 7.32. The summed E-state index contributed by atoms with van der Waals surface area (Å²) in [6, 6.07) is 5.78. The second-order valence-electron chi connectivity index (χ2n) is 7.37. The Balaban J connectivity index is 1.94. The van der Waals surface area contributed by atoms with E-state index in [0.717, 1.165) is 23.2 Å². The summed E-state index contributed by atoms with van der Waals surface area (Å²) in [5, 5.41) is 5.23. The van der Waals surface area contributed by atoms with Crippen LogP contribution < -0.4 is 10.5 Å². The van der Waals surface area contributed by atoms with E-state index < -0.39 is 35.0 Å². The third-order valence-corrected chi connectivity index (χ3v) is 5.29. The molecule has 0 radical (unpaired) electrons. The molecule has 2 aromatic rings. The molecular weight excluding hydrogens is 399 g/mol. The van der Waals surface area contributed by atoms with Gasteiger partial charge in [-0.3, -0.25) is 4.79 Å². The first-order chi connectivity index (χ1) is 14.3. The molecule has 0 bridgehead atoms. The topological polar surface area (TPSA) is 77.2 Å². The van der Waals surface area contributed by atoms with Crippen molar-refractivity contribution in [2.45, 2.75) is 26.0 Å².